The Bertz CT molecular complexity index is 1160. The fourth-order valence-electron chi connectivity index (χ4n) is 2.45. The summed E-state index contributed by atoms with van der Waals surface area (Å²) in [4.78, 5) is 22.1. The number of anilines is 1. The first-order valence-electron chi connectivity index (χ1n) is 8.53. The van der Waals surface area contributed by atoms with Crippen LogP contribution in [0.3, 0.4) is 0 Å². The van der Waals surface area contributed by atoms with Crippen LogP contribution in [0, 0.1) is 10.1 Å². The smallest absolute Gasteiger partial charge is 0.269 e. The first-order chi connectivity index (χ1) is 14.2. The minimum Gasteiger partial charge on any atom is -0.485 e. The van der Waals surface area contributed by atoms with Gasteiger partial charge in [-0.05, 0) is 60.7 Å². The molecule has 0 saturated heterocycles. The van der Waals surface area contributed by atoms with Crippen LogP contribution in [0.25, 0.3) is 0 Å². The van der Waals surface area contributed by atoms with Crippen LogP contribution in [0.15, 0.2) is 77.7 Å². The molecule has 1 N–H and O–H groups in total. The van der Waals surface area contributed by atoms with Gasteiger partial charge in [0.1, 0.15) is 5.75 Å². The molecule has 10 heteroatoms. The zero-order valence-electron chi connectivity index (χ0n) is 15.3. The van der Waals surface area contributed by atoms with Crippen molar-refractivity contribution in [2.75, 3.05) is 11.3 Å². The molecule has 0 aliphatic carbocycles. The van der Waals surface area contributed by atoms with Crippen molar-refractivity contribution in [2.24, 2.45) is 0 Å². The van der Waals surface area contributed by atoms with Gasteiger partial charge in [-0.25, -0.2) is 8.42 Å². The summed E-state index contributed by atoms with van der Waals surface area (Å²) in [5.74, 6) is 0.158. The Hall–Kier alpha value is -3.43. The van der Waals surface area contributed by atoms with Gasteiger partial charge in [0.25, 0.3) is 15.7 Å². The van der Waals surface area contributed by atoms with E-state index in [1.54, 1.807) is 24.3 Å². The average Bonchev–Trinajstić information content (AvgIpc) is 2.73. The molecule has 8 nitrogen and oxygen atoms in total. The summed E-state index contributed by atoms with van der Waals surface area (Å²) in [6.07, 6.45) is 0. The van der Waals surface area contributed by atoms with Gasteiger partial charge in [-0.2, -0.15) is 0 Å². The molecule has 0 atom stereocenters. The number of nitrogens with one attached hydrogen (secondary N) is 1. The highest BCUT2D eigenvalue weighted by molar-refractivity contribution is 7.92. The van der Waals surface area contributed by atoms with Gasteiger partial charge in [-0.1, -0.05) is 11.6 Å². The molecule has 30 heavy (non-hydrogen) atoms. The number of nitrogens with zero attached hydrogens (tertiary/aromatic N) is 1. The van der Waals surface area contributed by atoms with E-state index in [9.17, 15) is 23.3 Å². The standard InChI is InChI=1S/C20H15ClN2O6S/c21-15-3-1-14(2-4-15)20(24)13-29-18-9-5-16(6-10-18)22-30(27,28)19-11-7-17(8-12-19)23(25)26/h1-12,22H,13H2. The number of hydrogen-bond acceptors (Lipinski definition) is 6. The number of nitro benzene ring substituents is 1. The Balaban J connectivity index is 1.61. The van der Waals surface area contributed by atoms with Crippen molar-refractivity contribution in [1.82, 2.24) is 0 Å². The lowest BCUT2D eigenvalue weighted by Crippen LogP contribution is -2.13. The van der Waals surface area contributed by atoms with E-state index in [1.165, 1.54) is 24.3 Å². The molecule has 0 radical (unpaired) electrons. The highest BCUT2D eigenvalue weighted by Gasteiger charge is 2.16. The van der Waals surface area contributed by atoms with Crippen LogP contribution in [-0.2, 0) is 10.0 Å². The van der Waals surface area contributed by atoms with Crippen molar-refractivity contribution in [3.05, 3.63) is 93.5 Å². The maximum atomic E-state index is 12.4. The lowest BCUT2D eigenvalue weighted by Gasteiger charge is -2.10. The van der Waals surface area contributed by atoms with Gasteiger partial charge in [-0.3, -0.25) is 19.6 Å². The first kappa shape index (κ1) is 21.3. The lowest BCUT2D eigenvalue weighted by molar-refractivity contribution is -0.384. The molecule has 154 valence electrons. The molecule has 0 aliphatic heterocycles. The number of ether oxygens (including phenoxy) is 1. The second-order valence-corrected chi connectivity index (χ2v) is 8.22. The summed E-state index contributed by atoms with van der Waals surface area (Å²) in [5, 5.41) is 11.2. The number of carbonyl (C=O) groups is 1. The normalized spacial score (nSPS) is 11.0. The second-order valence-electron chi connectivity index (χ2n) is 6.10. The van der Waals surface area contributed by atoms with Crippen LogP contribution in [0.1, 0.15) is 10.4 Å². The molecule has 0 unspecified atom stereocenters. The highest BCUT2D eigenvalue weighted by Crippen LogP contribution is 2.21. The highest BCUT2D eigenvalue weighted by atomic mass is 35.5. The number of hydrogen-bond donors (Lipinski definition) is 1. The lowest BCUT2D eigenvalue weighted by atomic mass is 10.1. The van der Waals surface area contributed by atoms with Crippen LogP contribution in [0.4, 0.5) is 11.4 Å². The molecule has 3 rings (SSSR count). The molecule has 0 heterocycles. The molecule has 0 fully saturated rings. The van der Waals surface area contributed by atoms with E-state index in [4.69, 9.17) is 16.3 Å². The Labute approximate surface area is 177 Å². The van der Waals surface area contributed by atoms with E-state index in [-0.39, 0.29) is 28.7 Å². The predicted octanol–water partition coefficient (Wildman–Crippen LogP) is 4.31. The molecule has 0 spiro atoms. The second kappa shape index (κ2) is 8.93. The number of nitro groups is 1. The first-order valence-corrected chi connectivity index (χ1v) is 10.4. The molecule has 0 saturated carbocycles. The third-order valence-corrected chi connectivity index (χ3v) is 5.65. The van der Waals surface area contributed by atoms with Crippen LogP contribution in [0.2, 0.25) is 5.02 Å². The summed E-state index contributed by atoms with van der Waals surface area (Å²) < 4.78 is 32.6. The molecular weight excluding hydrogens is 432 g/mol. The summed E-state index contributed by atoms with van der Waals surface area (Å²) in [5.41, 5.74) is 0.528. The van der Waals surface area contributed by atoms with Crippen molar-refractivity contribution >= 4 is 38.8 Å². The van der Waals surface area contributed by atoms with Gasteiger partial charge < -0.3 is 4.74 Å². The number of rotatable bonds is 8. The van der Waals surface area contributed by atoms with Crippen molar-refractivity contribution in [1.29, 1.82) is 0 Å². The number of carbonyl (C=O) groups excluding carboxylic acids is 1. The largest absolute Gasteiger partial charge is 0.485 e. The van der Waals surface area contributed by atoms with E-state index in [2.05, 4.69) is 4.72 Å². The topological polar surface area (TPSA) is 116 Å². The molecule has 0 bridgehead atoms. The van der Waals surface area contributed by atoms with Gasteiger partial charge in [0.05, 0.1) is 9.82 Å². The minimum atomic E-state index is -3.91. The monoisotopic (exact) mass is 446 g/mol. The number of non-ortho nitro benzene ring substituents is 1. The van der Waals surface area contributed by atoms with Gasteiger partial charge in [0, 0.05) is 28.4 Å². The number of sulfonamides is 1. The Morgan fingerprint density at radius 2 is 1.57 bits per heavy atom. The maximum Gasteiger partial charge on any atom is 0.269 e. The van der Waals surface area contributed by atoms with Crippen molar-refractivity contribution < 1.29 is 22.9 Å². The molecule has 3 aromatic carbocycles. The number of halogens is 1. The number of Topliss-reactive ketones (excluding diaryl/α,β-unsaturated/α-hetero) is 1. The minimum absolute atomic E-state index is 0.109. The van der Waals surface area contributed by atoms with Crippen LogP contribution < -0.4 is 9.46 Å². The van der Waals surface area contributed by atoms with Gasteiger partial charge in [-0.15, -0.1) is 0 Å². The number of benzene rings is 3. The third kappa shape index (κ3) is 5.34. The van der Waals surface area contributed by atoms with Crippen molar-refractivity contribution in [3.63, 3.8) is 0 Å². The van der Waals surface area contributed by atoms with Crippen LogP contribution >= 0.6 is 11.6 Å². The SMILES string of the molecule is O=C(COc1ccc(NS(=O)(=O)c2ccc([N+](=O)[O-])cc2)cc1)c1ccc(Cl)cc1. The molecule has 3 aromatic rings. The van der Waals surface area contributed by atoms with Gasteiger partial charge in [0.2, 0.25) is 0 Å². The zero-order valence-corrected chi connectivity index (χ0v) is 16.9. The third-order valence-electron chi connectivity index (χ3n) is 4.00. The van der Waals surface area contributed by atoms with E-state index in [1.807, 2.05) is 0 Å². The summed E-state index contributed by atoms with van der Waals surface area (Å²) in [6, 6.07) is 16.9. The van der Waals surface area contributed by atoms with Gasteiger partial charge in [0.15, 0.2) is 12.4 Å². The molecule has 0 amide bonds. The van der Waals surface area contributed by atoms with Crippen molar-refractivity contribution in [2.45, 2.75) is 4.90 Å². The molecule has 0 aliphatic rings. The van der Waals surface area contributed by atoms with Crippen LogP contribution in [-0.4, -0.2) is 25.7 Å². The fourth-order valence-corrected chi connectivity index (χ4v) is 3.63. The quantitative estimate of drug-likeness (QED) is 0.313. The fraction of sp³-hybridized carbons (Fsp3) is 0.0500. The van der Waals surface area contributed by atoms with E-state index in [0.717, 1.165) is 24.3 Å². The number of ketones is 1. The summed E-state index contributed by atoms with van der Waals surface area (Å²) in [7, 11) is -3.91. The van der Waals surface area contributed by atoms with Gasteiger partial charge >= 0.3 is 0 Å². The zero-order chi connectivity index (χ0) is 21.7. The Kier molecular flexibility index (Phi) is 6.34. The summed E-state index contributed by atoms with van der Waals surface area (Å²) in [6.45, 7) is -0.185. The van der Waals surface area contributed by atoms with Crippen LogP contribution in [0.5, 0.6) is 5.75 Å². The van der Waals surface area contributed by atoms with E-state index < -0.39 is 14.9 Å². The summed E-state index contributed by atoms with van der Waals surface area (Å²) >= 11 is 5.79. The molecular formula is C20H15ClN2O6S. The Morgan fingerprint density at radius 3 is 2.13 bits per heavy atom. The maximum absolute atomic E-state index is 12.4. The van der Waals surface area contributed by atoms with E-state index in [0.29, 0.717) is 16.3 Å². The predicted molar refractivity (Wildman–Crippen MR) is 112 cm³/mol. The average molecular weight is 447 g/mol. The van der Waals surface area contributed by atoms with E-state index >= 15 is 0 Å². The Morgan fingerprint density at radius 1 is 0.967 bits per heavy atom. The molecule has 0 aromatic heterocycles. The van der Waals surface area contributed by atoms with Crippen molar-refractivity contribution in [3.8, 4) is 5.75 Å².